The van der Waals surface area contributed by atoms with Gasteiger partial charge in [0.15, 0.2) is 0 Å². The van der Waals surface area contributed by atoms with Gasteiger partial charge >= 0.3 is 0 Å². The highest BCUT2D eigenvalue weighted by Crippen LogP contribution is 2.14. The predicted molar refractivity (Wildman–Crippen MR) is 86.1 cm³/mol. The van der Waals surface area contributed by atoms with Gasteiger partial charge in [-0.25, -0.2) is 0 Å². The molecule has 0 aliphatic carbocycles. The van der Waals surface area contributed by atoms with Crippen LogP contribution in [0.4, 0.5) is 5.69 Å². The first kappa shape index (κ1) is 14.2. The molecule has 0 aromatic heterocycles. The molecular weight excluding hydrogens is 268 g/mol. The highest BCUT2D eigenvalue weighted by molar-refractivity contribution is 7.80. The van der Waals surface area contributed by atoms with Gasteiger partial charge in [-0.3, -0.25) is 4.79 Å². The summed E-state index contributed by atoms with van der Waals surface area (Å²) >= 11 is 4.92. The minimum Gasteiger partial charge on any atom is -0.393 e. The zero-order valence-corrected chi connectivity index (χ0v) is 12.0. The number of thiocarbonyl (C=S) groups is 1. The average molecular weight is 284 g/mol. The van der Waals surface area contributed by atoms with Gasteiger partial charge in [0.05, 0.1) is 4.99 Å². The van der Waals surface area contributed by atoms with Crippen LogP contribution in [-0.4, -0.2) is 10.9 Å². The summed E-state index contributed by atoms with van der Waals surface area (Å²) in [6.07, 6.45) is 0.423. The molecule has 2 aromatic carbocycles. The monoisotopic (exact) mass is 284 g/mol. The van der Waals surface area contributed by atoms with Gasteiger partial charge in [-0.15, -0.1) is 0 Å². The molecule has 0 fully saturated rings. The zero-order valence-electron chi connectivity index (χ0n) is 11.2. The highest BCUT2D eigenvalue weighted by atomic mass is 32.1. The molecule has 3 nitrogen and oxygen atoms in total. The van der Waals surface area contributed by atoms with Gasteiger partial charge in [0.2, 0.25) is 0 Å². The standard InChI is InChI=1S/C16H16N2OS/c1-11-5-4-7-13(9-11)18-16(19)14-8-3-2-6-12(14)10-15(17)20/h2-9H,10H2,1H3,(H2,17,20)(H,18,19). The fourth-order valence-corrected chi connectivity index (χ4v) is 2.16. The minimum absolute atomic E-state index is 0.151. The second kappa shape index (κ2) is 6.30. The Morgan fingerprint density at radius 2 is 1.95 bits per heavy atom. The molecule has 0 spiro atoms. The molecule has 0 aliphatic heterocycles. The summed E-state index contributed by atoms with van der Waals surface area (Å²) < 4.78 is 0. The van der Waals surface area contributed by atoms with Gasteiger partial charge in [0, 0.05) is 17.7 Å². The van der Waals surface area contributed by atoms with Crippen LogP contribution in [0, 0.1) is 6.92 Å². The smallest absolute Gasteiger partial charge is 0.255 e. The number of rotatable bonds is 4. The fraction of sp³-hybridized carbons (Fsp3) is 0.125. The van der Waals surface area contributed by atoms with Gasteiger partial charge in [0.25, 0.3) is 5.91 Å². The molecule has 0 aliphatic rings. The summed E-state index contributed by atoms with van der Waals surface area (Å²) in [6, 6.07) is 15.0. The third-order valence-corrected chi connectivity index (χ3v) is 3.05. The van der Waals surface area contributed by atoms with E-state index < -0.39 is 0 Å². The summed E-state index contributed by atoms with van der Waals surface area (Å²) in [4.78, 5) is 12.7. The molecule has 3 N–H and O–H groups in total. The van der Waals surface area contributed by atoms with Crippen molar-refractivity contribution in [1.82, 2.24) is 0 Å². The number of nitrogens with one attached hydrogen (secondary N) is 1. The van der Waals surface area contributed by atoms with Gasteiger partial charge in [-0.1, -0.05) is 42.5 Å². The van der Waals surface area contributed by atoms with E-state index in [0.717, 1.165) is 16.8 Å². The van der Waals surface area contributed by atoms with Crippen LogP contribution in [0.25, 0.3) is 0 Å². The number of carbonyl (C=O) groups excluding carboxylic acids is 1. The van der Waals surface area contributed by atoms with Crippen LogP contribution in [0.5, 0.6) is 0 Å². The van der Waals surface area contributed by atoms with Crippen molar-refractivity contribution in [1.29, 1.82) is 0 Å². The maximum absolute atomic E-state index is 12.3. The summed E-state index contributed by atoms with van der Waals surface area (Å²) in [6.45, 7) is 1.98. The van der Waals surface area contributed by atoms with Gasteiger partial charge in [0.1, 0.15) is 0 Å². The van der Waals surface area contributed by atoms with E-state index in [1.54, 1.807) is 6.07 Å². The highest BCUT2D eigenvalue weighted by Gasteiger charge is 2.11. The Hall–Kier alpha value is -2.20. The normalized spacial score (nSPS) is 10.1. The molecular formula is C16H16N2OS. The molecule has 4 heteroatoms. The van der Waals surface area contributed by atoms with Crippen LogP contribution in [0.2, 0.25) is 0 Å². The van der Waals surface area contributed by atoms with Crippen LogP contribution in [0.15, 0.2) is 48.5 Å². The summed E-state index contributed by atoms with van der Waals surface area (Å²) in [5.74, 6) is -0.151. The Kier molecular flexibility index (Phi) is 4.48. The first-order chi connectivity index (χ1) is 9.56. The van der Waals surface area contributed by atoms with E-state index in [1.165, 1.54) is 0 Å². The van der Waals surface area contributed by atoms with E-state index in [1.807, 2.05) is 49.4 Å². The second-order valence-corrected chi connectivity index (χ2v) is 5.15. The lowest BCUT2D eigenvalue weighted by molar-refractivity contribution is 0.102. The predicted octanol–water partition coefficient (Wildman–Crippen LogP) is 3.08. The molecule has 20 heavy (non-hydrogen) atoms. The molecule has 0 heterocycles. The molecule has 1 amide bonds. The lowest BCUT2D eigenvalue weighted by atomic mass is 10.0. The molecule has 0 radical (unpaired) electrons. The van der Waals surface area contributed by atoms with Crippen LogP contribution < -0.4 is 11.1 Å². The van der Waals surface area contributed by atoms with Crippen molar-refractivity contribution >= 4 is 28.8 Å². The van der Waals surface area contributed by atoms with Crippen molar-refractivity contribution in [3.05, 3.63) is 65.2 Å². The number of hydrogen-bond acceptors (Lipinski definition) is 2. The first-order valence-electron chi connectivity index (χ1n) is 6.30. The lowest BCUT2D eigenvalue weighted by Gasteiger charge is -2.10. The number of anilines is 1. The maximum atomic E-state index is 12.3. The number of carbonyl (C=O) groups is 1. The summed E-state index contributed by atoms with van der Waals surface area (Å²) in [5, 5.41) is 2.89. The number of nitrogens with two attached hydrogens (primary N) is 1. The first-order valence-corrected chi connectivity index (χ1v) is 6.71. The van der Waals surface area contributed by atoms with Crippen molar-refractivity contribution in [3.63, 3.8) is 0 Å². The van der Waals surface area contributed by atoms with E-state index >= 15 is 0 Å². The molecule has 2 aromatic rings. The Morgan fingerprint density at radius 3 is 2.65 bits per heavy atom. The van der Waals surface area contributed by atoms with Crippen molar-refractivity contribution < 1.29 is 4.79 Å². The Bertz CT molecular complexity index is 652. The third-order valence-electron chi connectivity index (χ3n) is 2.90. The number of hydrogen-bond donors (Lipinski definition) is 2. The van der Waals surface area contributed by atoms with Crippen molar-refractivity contribution in [3.8, 4) is 0 Å². The van der Waals surface area contributed by atoms with Crippen molar-refractivity contribution in [2.24, 2.45) is 5.73 Å². The van der Waals surface area contributed by atoms with Crippen LogP contribution in [-0.2, 0) is 6.42 Å². The van der Waals surface area contributed by atoms with E-state index in [4.69, 9.17) is 18.0 Å². The van der Waals surface area contributed by atoms with E-state index in [0.29, 0.717) is 17.0 Å². The molecule has 102 valence electrons. The zero-order chi connectivity index (χ0) is 14.5. The third kappa shape index (κ3) is 3.65. The molecule has 2 rings (SSSR count). The number of aryl methyl sites for hydroxylation is 1. The van der Waals surface area contributed by atoms with Gasteiger partial charge < -0.3 is 11.1 Å². The quantitative estimate of drug-likeness (QED) is 0.848. The van der Waals surface area contributed by atoms with E-state index in [2.05, 4.69) is 5.32 Å². The van der Waals surface area contributed by atoms with Crippen molar-refractivity contribution in [2.75, 3.05) is 5.32 Å². The van der Waals surface area contributed by atoms with Crippen LogP contribution >= 0.6 is 12.2 Å². The Labute approximate surface area is 123 Å². The van der Waals surface area contributed by atoms with Gasteiger partial charge in [-0.2, -0.15) is 0 Å². The molecule has 0 saturated heterocycles. The van der Waals surface area contributed by atoms with E-state index in [9.17, 15) is 4.79 Å². The molecule has 0 unspecified atom stereocenters. The molecule has 0 saturated carbocycles. The average Bonchev–Trinajstić information content (AvgIpc) is 2.38. The van der Waals surface area contributed by atoms with Crippen molar-refractivity contribution in [2.45, 2.75) is 13.3 Å². The van der Waals surface area contributed by atoms with E-state index in [-0.39, 0.29) is 5.91 Å². The minimum atomic E-state index is -0.151. The topological polar surface area (TPSA) is 55.1 Å². The largest absolute Gasteiger partial charge is 0.393 e. The SMILES string of the molecule is Cc1cccc(NC(=O)c2ccccc2CC(N)=S)c1. The summed E-state index contributed by atoms with van der Waals surface area (Å²) in [5.41, 5.74) is 8.88. The molecule has 0 bridgehead atoms. The number of amides is 1. The fourth-order valence-electron chi connectivity index (χ4n) is 2.00. The Balaban J connectivity index is 2.23. The summed E-state index contributed by atoms with van der Waals surface area (Å²) in [7, 11) is 0. The lowest BCUT2D eigenvalue weighted by Crippen LogP contribution is -2.18. The molecule has 0 atom stereocenters. The van der Waals surface area contributed by atoms with Crippen LogP contribution in [0.3, 0.4) is 0 Å². The number of benzene rings is 2. The van der Waals surface area contributed by atoms with Gasteiger partial charge in [-0.05, 0) is 36.2 Å². The second-order valence-electron chi connectivity index (χ2n) is 4.62. The maximum Gasteiger partial charge on any atom is 0.255 e. The Morgan fingerprint density at radius 1 is 1.20 bits per heavy atom. The van der Waals surface area contributed by atoms with Crippen LogP contribution in [0.1, 0.15) is 21.5 Å².